The van der Waals surface area contributed by atoms with Crippen LogP contribution in [0.2, 0.25) is 5.02 Å². The van der Waals surface area contributed by atoms with Crippen LogP contribution in [0.25, 0.3) is 0 Å². The number of halogens is 1. The van der Waals surface area contributed by atoms with E-state index in [0.29, 0.717) is 6.42 Å². The van der Waals surface area contributed by atoms with Crippen LogP contribution in [0.5, 0.6) is 0 Å². The van der Waals surface area contributed by atoms with Crippen LogP contribution in [0.4, 0.5) is 0 Å². The largest absolute Gasteiger partial charge is 0.481 e. The van der Waals surface area contributed by atoms with Crippen LogP contribution >= 0.6 is 23.4 Å². The van der Waals surface area contributed by atoms with Gasteiger partial charge in [0.15, 0.2) is 0 Å². The number of aliphatic carboxylic acids is 1. The molecular formula is C14H17ClO2S. The summed E-state index contributed by atoms with van der Waals surface area (Å²) in [5.74, 6) is -0.782. The van der Waals surface area contributed by atoms with Crippen molar-refractivity contribution in [2.75, 3.05) is 0 Å². The van der Waals surface area contributed by atoms with Gasteiger partial charge in [-0.1, -0.05) is 17.7 Å². The molecule has 2 nitrogen and oxygen atoms in total. The van der Waals surface area contributed by atoms with Gasteiger partial charge in [-0.05, 0) is 50.8 Å². The number of hydrogen-bond acceptors (Lipinski definition) is 2. The highest BCUT2D eigenvalue weighted by Gasteiger charge is 2.28. The van der Waals surface area contributed by atoms with Crippen LogP contribution in [-0.2, 0) is 11.2 Å². The lowest BCUT2D eigenvalue weighted by molar-refractivity contribution is -0.146. The van der Waals surface area contributed by atoms with E-state index < -0.39 is 11.4 Å². The molecule has 0 bridgehead atoms. The Hall–Kier alpha value is -0.670. The van der Waals surface area contributed by atoms with E-state index in [-0.39, 0.29) is 0 Å². The molecule has 1 aliphatic rings. The minimum Gasteiger partial charge on any atom is -0.481 e. The summed E-state index contributed by atoms with van der Waals surface area (Å²) in [7, 11) is 0. The van der Waals surface area contributed by atoms with E-state index >= 15 is 0 Å². The highest BCUT2D eigenvalue weighted by Crippen LogP contribution is 2.42. The van der Waals surface area contributed by atoms with Gasteiger partial charge in [-0.25, -0.2) is 0 Å². The van der Waals surface area contributed by atoms with Gasteiger partial charge >= 0.3 is 5.97 Å². The molecule has 1 aromatic carbocycles. The normalized spacial score (nSPS) is 15.7. The Bertz CT molecular complexity index is 467. The maximum Gasteiger partial charge on any atom is 0.309 e. The van der Waals surface area contributed by atoms with Crippen molar-refractivity contribution in [3.63, 3.8) is 0 Å². The quantitative estimate of drug-likeness (QED) is 0.878. The van der Waals surface area contributed by atoms with Crippen molar-refractivity contribution in [2.24, 2.45) is 5.41 Å². The monoisotopic (exact) mass is 284 g/mol. The van der Waals surface area contributed by atoms with Gasteiger partial charge in [-0.3, -0.25) is 4.79 Å². The minimum absolute atomic E-state index is 0.496. The lowest BCUT2D eigenvalue weighted by Crippen LogP contribution is -2.26. The van der Waals surface area contributed by atoms with E-state index in [0.717, 1.165) is 20.7 Å². The number of carboxylic acid groups (broad SMARTS) is 1. The van der Waals surface area contributed by atoms with Gasteiger partial charge in [-0.15, -0.1) is 11.8 Å². The first kappa shape index (κ1) is 13.8. The number of carboxylic acids is 1. The lowest BCUT2D eigenvalue weighted by atomic mass is 9.86. The molecule has 4 heteroatoms. The van der Waals surface area contributed by atoms with E-state index in [9.17, 15) is 4.79 Å². The number of hydrogen-bond donors (Lipinski definition) is 1. The summed E-state index contributed by atoms with van der Waals surface area (Å²) in [5, 5.41) is 10.6. The van der Waals surface area contributed by atoms with E-state index in [1.54, 1.807) is 13.8 Å². The SMILES string of the molecule is CC(C)(Cc1ccc(SC2CC2)c(Cl)c1)C(=O)O. The Morgan fingerprint density at radius 2 is 2.17 bits per heavy atom. The zero-order chi connectivity index (χ0) is 13.3. The Morgan fingerprint density at radius 3 is 2.67 bits per heavy atom. The van der Waals surface area contributed by atoms with Gasteiger partial charge in [0.05, 0.1) is 10.4 Å². The average molecular weight is 285 g/mol. The maximum atomic E-state index is 11.1. The van der Waals surface area contributed by atoms with Crippen LogP contribution in [0.15, 0.2) is 23.1 Å². The molecule has 1 aliphatic carbocycles. The van der Waals surface area contributed by atoms with Gasteiger partial charge in [-0.2, -0.15) is 0 Å². The predicted molar refractivity (Wildman–Crippen MR) is 75.5 cm³/mol. The summed E-state index contributed by atoms with van der Waals surface area (Å²) in [6.07, 6.45) is 3.04. The molecule has 1 fully saturated rings. The summed E-state index contributed by atoms with van der Waals surface area (Å²) in [6, 6.07) is 5.90. The molecule has 0 heterocycles. The molecule has 1 saturated carbocycles. The third kappa shape index (κ3) is 3.42. The average Bonchev–Trinajstić information content (AvgIpc) is 3.05. The molecule has 2 rings (SSSR count). The second-order valence-electron chi connectivity index (χ2n) is 5.45. The van der Waals surface area contributed by atoms with E-state index in [1.807, 2.05) is 30.0 Å². The predicted octanol–water partition coefficient (Wildman–Crippen LogP) is 4.25. The van der Waals surface area contributed by atoms with Crippen LogP contribution < -0.4 is 0 Å². The lowest BCUT2D eigenvalue weighted by Gasteiger charge is -2.19. The highest BCUT2D eigenvalue weighted by molar-refractivity contribution is 8.00. The van der Waals surface area contributed by atoms with Gasteiger partial charge in [0.2, 0.25) is 0 Å². The minimum atomic E-state index is -0.782. The molecule has 1 N–H and O–H groups in total. The number of carbonyl (C=O) groups is 1. The number of benzene rings is 1. The topological polar surface area (TPSA) is 37.3 Å². The summed E-state index contributed by atoms with van der Waals surface area (Å²) >= 11 is 8.06. The fourth-order valence-electron chi connectivity index (χ4n) is 1.70. The van der Waals surface area contributed by atoms with Crippen LogP contribution in [-0.4, -0.2) is 16.3 Å². The van der Waals surface area contributed by atoms with E-state index in [4.69, 9.17) is 16.7 Å². The zero-order valence-corrected chi connectivity index (χ0v) is 12.1. The molecule has 1 aromatic rings. The second-order valence-corrected chi connectivity index (χ2v) is 7.20. The first-order valence-corrected chi connectivity index (χ1v) is 7.33. The Kier molecular flexibility index (Phi) is 3.93. The van der Waals surface area contributed by atoms with Crippen molar-refractivity contribution in [1.82, 2.24) is 0 Å². The van der Waals surface area contributed by atoms with Crippen LogP contribution in [0.1, 0.15) is 32.3 Å². The molecular weight excluding hydrogens is 268 g/mol. The van der Waals surface area contributed by atoms with Crippen LogP contribution in [0, 0.1) is 5.41 Å². The van der Waals surface area contributed by atoms with Crippen molar-refractivity contribution in [3.05, 3.63) is 28.8 Å². The summed E-state index contributed by atoms with van der Waals surface area (Å²) in [4.78, 5) is 12.2. The molecule has 0 spiro atoms. The standard InChI is InChI=1S/C14H17ClO2S/c1-14(2,13(16)17)8-9-3-6-12(11(15)7-9)18-10-4-5-10/h3,6-7,10H,4-5,8H2,1-2H3,(H,16,17). The molecule has 0 aromatic heterocycles. The summed E-state index contributed by atoms with van der Waals surface area (Å²) < 4.78 is 0. The fourth-order valence-corrected chi connectivity index (χ4v) is 3.09. The highest BCUT2D eigenvalue weighted by atomic mass is 35.5. The first-order chi connectivity index (χ1) is 8.38. The van der Waals surface area contributed by atoms with Crippen molar-refractivity contribution < 1.29 is 9.90 Å². The second kappa shape index (κ2) is 5.14. The zero-order valence-electron chi connectivity index (χ0n) is 10.6. The first-order valence-electron chi connectivity index (χ1n) is 6.07. The molecule has 18 heavy (non-hydrogen) atoms. The van der Waals surface area contributed by atoms with E-state index in [1.165, 1.54) is 12.8 Å². The molecule has 0 saturated heterocycles. The molecule has 0 radical (unpaired) electrons. The van der Waals surface area contributed by atoms with Crippen LogP contribution in [0.3, 0.4) is 0 Å². The van der Waals surface area contributed by atoms with Crippen molar-refractivity contribution >= 4 is 29.3 Å². The third-order valence-electron chi connectivity index (χ3n) is 3.04. The number of thioether (sulfide) groups is 1. The third-order valence-corrected chi connectivity index (χ3v) is 4.88. The van der Waals surface area contributed by atoms with Crippen molar-refractivity contribution in [1.29, 1.82) is 0 Å². The molecule has 0 amide bonds. The Labute approximate surface area is 117 Å². The van der Waals surface area contributed by atoms with Crippen molar-refractivity contribution in [2.45, 2.75) is 43.3 Å². The summed E-state index contributed by atoms with van der Waals surface area (Å²) in [6.45, 7) is 3.46. The molecule has 0 aliphatic heterocycles. The van der Waals surface area contributed by atoms with Gasteiger partial charge in [0, 0.05) is 10.1 Å². The Balaban J connectivity index is 2.10. The van der Waals surface area contributed by atoms with Crippen molar-refractivity contribution in [3.8, 4) is 0 Å². The van der Waals surface area contributed by atoms with Gasteiger partial charge < -0.3 is 5.11 Å². The van der Waals surface area contributed by atoms with Gasteiger partial charge in [0.25, 0.3) is 0 Å². The number of rotatable bonds is 5. The molecule has 0 atom stereocenters. The molecule has 98 valence electrons. The van der Waals surface area contributed by atoms with E-state index in [2.05, 4.69) is 0 Å². The summed E-state index contributed by atoms with van der Waals surface area (Å²) in [5.41, 5.74) is 0.224. The smallest absolute Gasteiger partial charge is 0.309 e. The fraction of sp³-hybridized carbons (Fsp3) is 0.500. The Morgan fingerprint density at radius 1 is 1.50 bits per heavy atom. The molecule has 0 unspecified atom stereocenters. The maximum absolute atomic E-state index is 11.1. The van der Waals surface area contributed by atoms with Gasteiger partial charge in [0.1, 0.15) is 0 Å².